The molecule has 4 aliphatic rings. The lowest BCUT2D eigenvalue weighted by Crippen LogP contribution is -2.51. The maximum atomic E-state index is 11.9. The molecule has 6 nitrogen and oxygen atoms in total. The molecule has 0 heterocycles. The highest BCUT2D eigenvalue weighted by Gasteiger charge is 2.59. The molecule has 6 atom stereocenters. The Morgan fingerprint density at radius 1 is 0.974 bits per heavy atom. The van der Waals surface area contributed by atoms with Gasteiger partial charge in [0, 0.05) is 23.9 Å². The maximum absolute atomic E-state index is 11.9. The number of unbranched alkanes of at least 4 members (excludes halogenated alkanes) is 1. The number of anilines is 1. The van der Waals surface area contributed by atoms with E-state index in [0.29, 0.717) is 41.9 Å². The molecular formula is C33H47NO5. The third kappa shape index (κ3) is 6.10. The van der Waals surface area contributed by atoms with Crippen LogP contribution in [0.5, 0.6) is 0 Å². The first kappa shape index (κ1) is 29.4. The van der Waals surface area contributed by atoms with E-state index in [1.807, 2.05) is 13.0 Å². The Kier molecular flexibility index (Phi) is 9.23. The standard InChI is InChI=1S/C22H32O3.C11H15NO2/c1-4-20(24)25-19-8-7-17-16-6-5-14-13-15(23)9-11-21(14,2)18(16)10-12-22(17,19)3;1-2-3-8-14-11(13)9-4-6-10(12)7-5-9/h13,16-19H,4-12H2,1-3H3;4-7H,2-3,8,12H2,1H3. The fourth-order valence-electron chi connectivity index (χ4n) is 7.96. The number of nitrogen functional groups attached to an aromatic ring is 1. The number of benzene rings is 1. The number of allylic oxidation sites excluding steroid dienone is 1. The zero-order valence-corrected chi connectivity index (χ0v) is 24.3. The number of fused-ring (bicyclic) bond motifs is 5. The van der Waals surface area contributed by atoms with Gasteiger partial charge < -0.3 is 15.2 Å². The van der Waals surface area contributed by atoms with Gasteiger partial charge in [-0.15, -0.1) is 0 Å². The van der Waals surface area contributed by atoms with Gasteiger partial charge in [0.1, 0.15) is 6.10 Å². The molecule has 4 aliphatic carbocycles. The van der Waals surface area contributed by atoms with Crippen LogP contribution in [-0.2, 0) is 19.1 Å². The first-order valence-electron chi connectivity index (χ1n) is 15.1. The van der Waals surface area contributed by atoms with Gasteiger partial charge in [0.25, 0.3) is 0 Å². The molecule has 0 aliphatic heterocycles. The van der Waals surface area contributed by atoms with Crippen LogP contribution in [0.3, 0.4) is 0 Å². The summed E-state index contributed by atoms with van der Waals surface area (Å²) >= 11 is 0. The summed E-state index contributed by atoms with van der Waals surface area (Å²) in [5.74, 6) is 2.13. The van der Waals surface area contributed by atoms with E-state index in [1.165, 1.54) is 24.8 Å². The van der Waals surface area contributed by atoms with Gasteiger partial charge in [0.2, 0.25) is 0 Å². The largest absolute Gasteiger partial charge is 0.462 e. The lowest BCUT2D eigenvalue weighted by Gasteiger charge is -2.57. The van der Waals surface area contributed by atoms with Crippen LogP contribution in [0, 0.1) is 28.6 Å². The van der Waals surface area contributed by atoms with Crippen molar-refractivity contribution < 1.29 is 23.9 Å². The predicted octanol–water partition coefficient (Wildman–Crippen LogP) is 7.07. The van der Waals surface area contributed by atoms with Gasteiger partial charge in [0.05, 0.1) is 12.2 Å². The molecular weight excluding hydrogens is 490 g/mol. The minimum absolute atomic E-state index is 0.0411. The van der Waals surface area contributed by atoms with E-state index in [9.17, 15) is 14.4 Å². The molecule has 214 valence electrons. The Morgan fingerprint density at radius 3 is 2.41 bits per heavy atom. The van der Waals surface area contributed by atoms with Crippen molar-refractivity contribution in [3.05, 3.63) is 41.5 Å². The summed E-state index contributed by atoms with van der Waals surface area (Å²) in [7, 11) is 0. The number of rotatable bonds is 6. The second kappa shape index (κ2) is 12.3. The van der Waals surface area contributed by atoms with Crippen LogP contribution in [0.25, 0.3) is 0 Å². The average molecular weight is 538 g/mol. The number of hydrogen-bond donors (Lipinski definition) is 1. The Bertz CT molecular complexity index is 1080. The lowest BCUT2D eigenvalue weighted by atomic mass is 9.47. The highest BCUT2D eigenvalue weighted by Crippen LogP contribution is 2.65. The van der Waals surface area contributed by atoms with E-state index < -0.39 is 0 Å². The van der Waals surface area contributed by atoms with Crippen molar-refractivity contribution in [3.63, 3.8) is 0 Å². The third-order valence-electron chi connectivity index (χ3n) is 10.3. The third-order valence-corrected chi connectivity index (χ3v) is 10.3. The number of esters is 2. The number of ketones is 1. The summed E-state index contributed by atoms with van der Waals surface area (Å²) in [6.45, 7) is 9.23. The summed E-state index contributed by atoms with van der Waals surface area (Å²) in [5, 5.41) is 0. The number of carbonyl (C=O) groups excluding carboxylic acids is 3. The van der Waals surface area contributed by atoms with E-state index >= 15 is 0 Å². The lowest BCUT2D eigenvalue weighted by molar-refractivity contribution is -0.159. The molecule has 3 saturated carbocycles. The second-order valence-electron chi connectivity index (χ2n) is 12.5. The first-order chi connectivity index (χ1) is 18.6. The monoisotopic (exact) mass is 537 g/mol. The van der Waals surface area contributed by atoms with Crippen LogP contribution in [-0.4, -0.2) is 30.4 Å². The van der Waals surface area contributed by atoms with Crippen LogP contribution in [0.1, 0.15) is 109 Å². The van der Waals surface area contributed by atoms with Gasteiger partial charge >= 0.3 is 11.9 Å². The minimum atomic E-state index is -0.279. The minimum Gasteiger partial charge on any atom is -0.462 e. The molecule has 3 fully saturated rings. The molecule has 6 unspecified atom stereocenters. The van der Waals surface area contributed by atoms with Gasteiger partial charge in [-0.3, -0.25) is 9.59 Å². The molecule has 0 radical (unpaired) electrons. The molecule has 0 aromatic heterocycles. The summed E-state index contributed by atoms with van der Waals surface area (Å²) < 4.78 is 10.9. The van der Waals surface area contributed by atoms with E-state index in [-0.39, 0.29) is 28.9 Å². The molecule has 0 spiro atoms. The van der Waals surface area contributed by atoms with Crippen molar-refractivity contribution >= 4 is 23.4 Å². The van der Waals surface area contributed by atoms with Crippen molar-refractivity contribution in [2.45, 2.75) is 104 Å². The highest BCUT2D eigenvalue weighted by molar-refractivity contribution is 5.91. The Hall–Kier alpha value is -2.63. The normalized spacial score (nSPS) is 32.9. The maximum Gasteiger partial charge on any atom is 0.338 e. The van der Waals surface area contributed by atoms with E-state index in [2.05, 4.69) is 20.8 Å². The van der Waals surface area contributed by atoms with Gasteiger partial charge in [-0.25, -0.2) is 4.79 Å². The first-order valence-corrected chi connectivity index (χ1v) is 15.1. The number of carbonyl (C=O) groups is 3. The molecule has 6 heteroatoms. The molecule has 1 aromatic rings. The van der Waals surface area contributed by atoms with Gasteiger partial charge in [-0.2, -0.15) is 0 Å². The zero-order valence-electron chi connectivity index (χ0n) is 24.3. The summed E-state index contributed by atoms with van der Waals surface area (Å²) in [6, 6.07) is 6.72. The molecule has 0 bridgehead atoms. The Labute approximate surface area is 234 Å². The van der Waals surface area contributed by atoms with Crippen molar-refractivity contribution in [2.24, 2.45) is 28.6 Å². The second-order valence-corrected chi connectivity index (χ2v) is 12.5. The molecule has 0 amide bonds. The van der Waals surface area contributed by atoms with Crippen LogP contribution in [0.2, 0.25) is 0 Å². The fraction of sp³-hybridized carbons (Fsp3) is 0.667. The van der Waals surface area contributed by atoms with Gasteiger partial charge in [-0.05, 0) is 105 Å². The number of ether oxygens (including phenoxy) is 2. The van der Waals surface area contributed by atoms with Crippen LogP contribution in [0.4, 0.5) is 5.69 Å². The summed E-state index contributed by atoms with van der Waals surface area (Å²) in [5.41, 5.74) is 8.52. The Balaban J connectivity index is 0.000000215. The predicted molar refractivity (Wildman–Crippen MR) is 153 cm³/mol. The Morgan fingerprint density at radius 2 is 1.72 bits per heavy atom. The van der Waals surface area contributed by atoms with Gasteiger partial charge in [-0.1, -0.05) is 39.7 Å². The van der Waals surface area contributed by atoms with Crippen LogP contribution < -0.4 is 5.73 Å². The van der Waals surface area contributed by atoms with Gasteiger partial charge in [0.15, 0.2) is 5.78 Å². The van der Waals surface area contributed by atoms with E-state index in [1.54, 1.807) is 24.3 Å². The number of hydrogen-bond acceptors (Lipinski definition) is 6. The van der Waals surface area contributed by atoms with Crippen LogP contribution in [0.15, 0.2) is 35.9 Å². The van der Waals surface area contributed by atoms with Crippen molar-refractivity contribution in [2.75, 3.05) is 12.3 Å². The van der Waals surface area contributed by atoms with E-state index in [4.69, 9.17) is 15.2 Å². The average Bonchev–Trinajstić information content (AvgIpc) is 3.25. The van der Waals surface area contributed by atoms with Crippen molar-refractivity contribution in [1.82, 2.24) is 0 Å². The summed E-state index contributed by atoms with van der Waals surface area (Å²) in [6.07, 6.45) is 13.2. The quantitative estimate of drug-likeness (QED) is 0.237. The molecule has 5 rings (SSSR count). The zero-order chi connectivity index (χ0) is 28.2. The molecule has 0 saturated heterocycles. The summed E-state index contributed by atoms with van der Waals surface area (Å²) in [4.78, 5) is 35.1. The molecule has 39 heavy (non-hydrogen) atoms. The number of nitrogens with two attached hydrogens (primary N) is 1. The molecule has 2 N–H and O–H groups in total. The smallest absolute Gasteiger partial charge is 0.338 e. The fourth-order valence-corrected chi connectivity index (χ4v) is 7.96. The van der Waals surface area contributed by atoms with Crippen molar-refractivity contribution in [1.29, 1.82) is 0 Å². The SMILES string of the molecule is CCC(=O)OC1CCC2C3CCC4=CC(=O)CCC4(C)C3CCC12C.CCCCOC(=O)c1ccc(N)cc1. The van der Waals surface area contributed by atoms with E-state index in [0.717, 1.165) is 50.9 Å². The van der Waals surface area contributed by atoms with Crippen LogP contribution >= 0.6 is 0 Å². The molecule has 1 aromatic carbocycles. The topological polar surface area (TPSA) is 95.7 Å². The van der Waals surface area contributed by atoms with Crippen molar-refractivity contribution in [3.8, 4) is 0 Å². The highest BCUT2D eigenvalue weighted by atomic mass is 16.5.